The van der Waals surface area contributed by atoms with Gasteiger partial charge in [0, 0.05) is 20.3 Å². The molecule has 14 heavy (non-hydrogen) atoms. The van der Waals surface area contributed by atoms with Crippen LogP contribution in [0.1, 0.15) is 19.8 Å². The molecule has 0 aromatic carbocycles. The second kappa shape index (κ2) is 10.7. The monoisotopic (exact) mass is 201 g/mol. The summed E-state index contributed by atoms with van der Waals surface area (Å²) < 4.78 is 10.3. The Labute approximate surface area is 87.5 Å². The van der Waals surface area contributed by atoms with Crippen molar-refractivity contribution in [2.45, 2.75) is 19.8 Å². The topological polar surface area (TPSA) is 30.5 Å². The minimum absolute atomic E-state index is 0.672. The standard InChI is InChI=1S/C11H23NO2/c1-11(2)10-14-9-7-12-6-4-5-8-13-3/h12H,1,4-10H2,2-3H3. The summed E-state index contributed by atoms with van der Waals surface area (Å²) in [5.74, 6) is 0. The second-order valence-corrected chi connectivity index (χ2v) is 3.46. The lowest BCUT2D eigenvalue weighted by atomic mass is 10.3. The first-order valence-corrected chi connectivity index (χ1v) is 5.19. The van der Waals surface area contributed by atoms with Gasteiger partial charge in [0.1, 0.15) is 0 Å². The van der Waals surface area contributed by atoms with Gasteiger partial charge in [-0.15, -0.1) is 0 Å². The predicted octanol–water partition coefficient (Wildman–Crippen LogP) is 1.60. The van der Waals surface area contributed by atoms with E-state index in [4.69, 9.17) is 9.47 Å². The summed E-state index contributed by atoms with van der Waals surface area (Å²) >= 11 is 0. The molecule has 0 amide bonds. The van der Waals surface area contributed by atoms with Crippen LogP contribution < -0.4 is 5.32 Å². The molecule has 0 aliphatic heterocycles. The lowest BCUT2D eigenvalue weighted by Gasteiger charge is -2.05. The highest BCUT2D eigenvalue weighted by atomic mass is 16.5. The van der Waals surface area contributed by atoms with Gasteiger partial charge in [-0.3, -0.25) is 0 Å². The lowest BCUT2D eigenvalue weighted by molar-refractivity contribution is 0.157. The molecule has 3 heteroatoms. The molecular weight excluding hydrogens is 178 g/mol. The van der Waals surface area contributed by atoms with Gasteiger partial charge in [-0.2, -0.15) is 0 Å². The van der Waals surface area contributed by atoms with E-state index in [1.54, 1.807) is 7.11 Å². The van der Waals surface area contributed by atoms with Gasteiger partial charge in [-0.25, -0.2) is 0 Å². The third-order valence-corrected chi connectivity index (χ3v) is 1.72. The Morgan fingerprint density at radius 2 is 2.00 bits per heavy atom. The molecule has 0 aromatic heterocycles. The van der Waals surface area contributed by atoms with Gasteiger partial charge in [0.15, 0.2) is 0 Å². The zero-order valence-electron chi connectivity index (χ0n) is 9.47. The van der Waals surface area contributed by atoms with Crippen LogP contribution in [0.2, 0.25) is 0 Å². The van der Waals surface area contributed by atoms with Crippen LogP contribution in [-0.4, -0.2) is 40.0 Å². The van der Waals surface area contributed by atoms with Gasteiger partial charge in [-0.1, -0.05) is 12.2 Å². The Hall–Kier alpha value is -0.380. The smallest absolute Gasteiger partial charge is 0.0672 e. The van der Waals surface area contributed by atoms with Crippen molar-refractivity contribution in [1.29, 1.82) is 0 Å². The Balaban J connectivity index is 2.88. The molecule has 0 radical (unpaired) electrons. The number of nitrogens with one attached hydrogen (secondary N) is 1. The average molecular weight is 201 g/mol. The quantitative estimate of drug-likeness (QED) is 0.430. The first kappa shape index (κ1) is 13.6. The van der Waals surface area contributed by atoms with Crippen molar-refractivity contribution in [2.24, 2.45) is 0 Å². The maximum absolute atomic E-state index is 5.34. The van der Waals surface area contributed by atoms with E-state index in [1.807, 2.05) is 6.92 Å². The molecule has 0 atom stereocenters. The molecule has 0 fully saturated rings. The number of unbranched alkanes of at least 4 members (excludes halogenated alkanes) is 1. The van der Waals surface area contributed by atoms with E-state index in [0.29, 0.717) is 6.61 Å². The first-order chi connectivity index (χ1) is 6.77. The number of ether oxygens (including phenoxy) is 2. The highest BCUT2D eigenvalue weighted by Crippen LogP contribution is 1.88. The molecule has 0 heterocycles. The van der Waals surface area contributed by atoms with E-state index in [-0.39, 0.29) is 0 Å². The molecule has 0 rings (SSSR count). The Morgan fingerprint density at radius 1 is 1.21 bits per heavy atom. The first-order valence-electron chi connectivity index (χ1n) is 5.19. The number of methoxy groups -OCH3 is 1. The SMILES string of the molecule is C=C(C)COCCNCCCCOC. The largest absolute Gasteiger partial charge is 0.385 e. The van der Waals surface area contributed by atoms with E-state index in [1.165, 1.54) is 0 Å². The number of rotatable bonds is 10. The predicted molar refractivity (Wildman–Crippen MR) is 59.6 cm³/mol. The molecule has 0 aromatic rings. The summed E-state index contributed by atoms with van der Waals surface area (Å²) in [7, 11) is 1.74. The van der Waals surface area contributed by atoms with Crippen LogP contribution in [0.3, 0.4) is 0 Å². The highest BCUT2D eigenvalue weighted by Gasteiger charge is 1.90. The van der Waals surface area contributed by atoms with E-state index in [0.717, 1.165) is 44.7 Å². The van der Waals surface area contributed by atoms with E-state index < -0.39 is 0 Å². The van der Waals surface area contributed by atoms with E-state index >= 15 is 0 Å². The molecule has 0 saturated carbocycles. The molecule has 3 nitrogen and oxygen atoms in total. The van der Waals surface area contributed by atoms with Crippen LogP contribution in [-0.2, 0) is 9.47 Å². The minimum atomic E-state index is 0.672. The summed E-state index contributed by atoms with van der Waals surface area (Å²) in [6.07, 6.45) is 2.28. The number of hydrogen-bond donors (Lipinski definition) is 1. The van der Waals surface area contributed by atoms with Gasteiger partial charge in [-0.05, 0) is 26.3 Å². The summed E-state index contributed by atoms with van der Waals surface area (Å²) in [5, 5.41) is 3.31. The van der Waals surface area contributed by atoms with E-state index in [9.17, 15) is 0 Å². The van der Waals surface area contributed by atoms with Gasteiger partial charge in [0.2, 0.25) is 0 Å². The van der Waals surface area contributed by atoms with Crippen molar-refractivity contribution >= 4 is 0 Å². The zero-order chi connectivity index (χ0) is 10.6. The summed E-state index contributed by atoms with van der Waals surface area (Å²) in [4.78, 5) is 0. The van der Waals surface area contributed by atoms with Crippen molar-refractivity contribution < 1.29 is 9.47 Å². The average Bonchev–Trinajstić information content (AvgIpc) is 2.15. The van der Waals surface area contributed by atoms with Crippen LogP contribution in [0.4, 0.5) is 0 Å². The van der Waals surface area contributed by atoms with Crippen LogP contribution in [0.15, 0.2) is 12.2 Å². The van der Waals surface area contributed by atoms with Crippen molar-refractivity contribution in [3.63, 3.8) is 0 Å². The molecule has 0 unspecified atom stereocenters. The minimum Gasteiger partial charge on any atom is -0.385 e. The van der Waals surface area contributed by atoms with Crippen molar-refractivity contribution in [3.05, 3.63) is 12.2 Å². The third-order valence-electron chi connectivity index (χ3n) is 1.72. The maximum atomic E-state index is 5.34. The second-order valence-electron chi connectivity index (χ2n) is 3.46. The van der Waals surface area contributed by atoms with Crippen molar-refractivity contribution in [2.75, 3.05) is 40.0 Å². The van der Waals surface area contributed by atoms with Gasteiger partial charge in [0.25, 0.3) is 0 Å². The summed E-state index contributed by atoms with van der Waals surface area (Å²) in [6.45, 7) is 9.98. The Bertz CT molecular complexity index is 137. The fraction of sp³-hybridized carbons (Fsp3) is 0.818. The molecule has 0 aliphatic carbocycles. The molecule has 0 spiro atoms. The van der Waals surface area contributed by atoms with Gasteiger partial charge in [0.05, 0.1) is 13.2 Å². The molecule has 84 valence electrons. The summed E-state index contributed by atoms with van der Waals surface area (Å²) in [5.41, 5.74) is 1.07. The number of hydrogen-bond acceptors (Lipinski definition) is 3. The molecule has 0 bridgehead atoms. The highest BCUT2D eigenvalue weighted by molar-refractivity contribution is 4.87. The Morgan fingerprint density at radius 3 is 2.64 bits per heavy atom. The molecule has 1 N–H and O–H groups in total. The van der Waals surface area contributed by atoms with Crippen LogP contribution in [0, 0.1) is 0 Å². The maximum Gasteiger partial charge on any atom is 0.0672 e. The molecular formula is C11H23NO2. The zero-order valence-corrected chi connectivity index (χ0v) is 9.47. The Kier molecular flexibility index (Phi) is 10.4. The van der Waals surface area contributed by atoms with Crippen molar-refractivity contribution in [1.82, 2.24) is 5.32 Å². The van der Waals surface area contributed by atoms with Crippen molar-refractivity contribution in [3.8, 4) is 0 Å². The van der Waals surface area contributed by atoms with Gasteiger partial charge >= 0.3 is 0 Å². The molecule has 0 saturated heterocycles. The van der Waals surface area contributed by atoms with Crippen LogP contribution in [0.5, 0.6) is 0 Å². The fourth-order valence-corrected chi connectivity index (χ4v) is 1.01. The lowest BCUT2D eigenvalue weighted by Crippen LogP contribution is -2.21. The van der Waals surface area contributed by atoms with E-state index in [2.05, 4.69) is 11.9 Å². The summed E-state index contributed by atoms with van der Waals surface area (Å²) in [6, 6.07) is 0. The third kappa shape index (κ3) is 11.6. The van der Waals surface area contributed by atoms with Crippen LogP contribution >= 0.6 is 0 Å². The van der Waals surface area contributed by atoms with Gasteiger partial charge < -0.3 is 14.8 Å². The normalized spacial score (nSPS) is 10.4. The van der Waals surface area contributed by atoms with Crippen LogP contribution in [0.25, 0.3) is 0 Å². The molecule has 0 aliphatic rings. The fourth-order valence-electron chi connectivity index (χ4n) is 1.01.